The van der Waals surface area contributed by atoms with Crippen LogP contribution in [0.15, 0.2) is 46.2 Å². The Kier molecular flexibility index (Phi) is 4.68. The average Bonchev–Trinajstić information content (AvgIpc) is 2.84. The molecule has 0 amide bonds. The minimum absolute atomic E-state index is 0.0743. The maximum atomic E-state index is 13.5. The Morgan fingerprint density at radius 3 is 2.44 bits per heavy atom. The second-order valence-corrected chi connectivity index (χ2v) is 9.18. The highest BCUT2D eigenvalue weighted by atomic mass is 32.2. The van der Waals surface area contributed by atoms with Crippen molar-refractivity contribution in [2.24, 2.45) is 0 Å². The first-order chi connectivity index (χ1) is 12.9. The van der Waals surface area contributed by atoms with Crippen LogP contribution in [0.2, 0.25) is 0 Å². The van der Waals surface area contributed by atoms with E-state index in [1.165, 1.54) is 6.07 Å². The summed E-state index contributed by atoms with van der Waals surface area (Å²) in [5.74, 6) is -1.56. The molecule has 2 atom stereocenters. The maximum absolute atomic E-state index is 13.5. The van der Waals surface area contributed by atoms with Gasteiger partial charge in [0.1, 0.15) is 11.6 Å². The van der Waals surface area contributed by atoms with Gasteiger partial charge in [-0.1, -0.05) is 6.92 Å². The third-order valence-electron chi connectivity index (χ3n) is 5.67. The van der Waals surface area contributed by atoms with Crippen LogP contribution in [0.1, 0.15) is 31.2 Å². The van der Waals surface area contributed by atoms with E-state index >= 15 is 0 Å². The fourth-order valence-electron chi connectivity index (χ4n) is 4.18. The summed E-state index contributed by atoms with van der Waals surface area (Å²) in [6, 6.07) is 7.63. The van der Waals surface area contributed by atoms with Crippen LogP contribution in [-0.2, 0) is 9.84 Å². The SMILES string of the molecule is CCN1CCC2Nc3ccc(S(=O)(=O)c4cc(F)cc(F)c4)cc3[C@H]2CC1. The van der Waals surface area contributed by atoms with Gasteiger partial charge < -0.3 is 10.2 Å². The van der Waals surface area contributed by atoms with Gasteiger partial charge >= 0.3 is 0 Å². The Morgan fingerprint density at radius 2 is 1.74 bits per heavy atom. The summed E-state index contributed by atoms with van der Waals surface area (Å²) in [5, 5.41) is 3.52. The number of hydrogen-bond donors (Lipinski definition) is 1. The molecular weight excluding hydrogens is 370 g/mol. The van der Waals surface area contributed by atoms with E-state index in [2.05, 4.69) is 17.1 Å². The second kappa shape index (κ2) is 6.87. The third kappa shape index (κ3) is 3.34. The van der Waals surface area contributed by atoms with Crippen molar-refractivity contribution in [1.82, 2.24) is 4.90 Å². The van der Waals surface area contributed by atoms with Crippen molar-refractivity contribution in [3.8, 4) is 0 Å². The van der Waals surface area contributed by atoms with Gasteiger partial charge in [0.25, 0.3) is 0 Å². The molecule has 0 bridgehead atoms. The third-order valence-corrected chi connectivity index (χ3v) is 7.40. The molecule has 144 valence electrons. The summed E-state index contributed by atoms with van der Waals surface area (Å²) in [6.45, 7) is 5.15. The molecule has 4 nitrogen and oxygen atoms in total. The topological polar surface area (TPSA) is 49.4 Å². The van der Waals surface area contributed by atoms with Crippen LogP contribution < -0.4 is 5.32 Å². The van der Waals surface area contributed by atoms with E-state index in [0.717, 1.165) is 55.9 Å². The lowest BCUT2D eigenvalue weighted by molar-refractivity contribution is 0.298. The van der Waals surface area contributed by atoms with Crippen LogP contribution in [0.25, 0.3) is 0 Å². The molecule has 7 heteroatoms. The minimum atomic E-state index is -3.99. The normalized spacial score (nSPS) is 22.6. The fraction of sp³-hybridized carbons (Fsp3) is 0.400. The molecule has 1 fully saturated rings. The van der Waals surface area contributed by atoms with Crippen LogP contribution in [-0.4, -0.2) is 39.0 Å². The zero-order valence-corrected chi connectivity index (χ0v) is 15.9. The van der Waals surface area contributed by atoms with E-state index in [0.29, 0.717) is 12.1 Å². The van der Waals surface area contributed by atoms with Crippen molar-refractivity contribution in [2.45, 2.75) is 41.5 Å². The molecule has 27 heavy (non-hydrogen) atoms. The minimum Gasteiger partial charge on any atom is -0.381 e. The molecule has 2 aromatic rings. The van der Waals surface area contributed by atoms with Gasteiger partial charge in [0, 0.05) is 30.3 Å². The quantitative estimate of drug-likeness (QED) is 0.864. The Morgan fingerprint density at radius 1 is 1.04 bits per heavy atom. The van der Waals surface area contributed by atoms with E-state index in [-0.39, 0.29) is 15.7 Å². The van der Waals surface area contributed by atoms with Crippen molar-refractivity contribution in [3.63, 3.8) is 0 Å². The average molecular weight is 392 g/mol. The molecule has 0 radical (unpaired) electrons. The van der Waals surface area contributed by atoms with Crippen molar-refractivity contribution in [2.75, 3.05) is 25.0 Å². The molecule has 0 aliphatic carbocycles. The highest BCUT2D eigenvalue weighted by Crippen LogP contribution is 2.42. The lowest BCUT2D eigenvalue weighted by Gasteiger charge is -2.17. The number of fused-ring (bicyclic) bond motifs is 3. The van der Waals surface area contributed by atoms with E-state index in [4.69, 9.17) is 0 Å². The Bertz CT molecular complexity index is 958. The standard InChI is InChI=1S/C20H22F2N2O2S/c1-2-24-7-5-17-18-12-15(3-4-19(18)23-20(17)6-8-24)27(25,26)16-10-13(21)9-14(22)11-16/h3-4,9-12,17,20,23H,2,5-8H2,1H3/t17-,20?/m1/s1. The van der Waals surface area contributed by atoms with Crippen LogP contribution in [0, 0.1) is 11.6 Å². The number of anilines is 1. The van der Waals surface area contributed by atoms with Gasteiger partial charge in [-0.15, -0.1) is 0 Å². The van der Waals surface area contributed by atoms with Gasteiger partial charge in [-0.3, -0.25) is 0 Å². The van der Waals surface area contributed by atoms with Crippen molar-refractivity contribution in [3.05, 3.63) is 53.6 Å². The van der Waals surface area contributed by atoms with Crippen molar-refractivity contribution >= 4 is 15.5 Å². The van der Waals surface area contributed by atoms with Gasteiger partial charge in [0.05, 0.1) is 9.79 Å². The van der Waals surface area contributed by atoms with E-state index in [9.17, 15) is 17.2 Å². The zero-order chi connectivity index (χ0) is 19.2. The van der Waals surface area contributed by atoms with Crippen LogP contribution >= 0.6 is 0 Å². The van der Waals surface area contributed by atoms with E-state index in [1.54, 1.807) is 12.1 Å². The lowest BCUT2D eigenvalue weighted by atomic mass is 9.91. The van der Waals surface area contributed by atoms with Crippen LogP contribution in [0.5, 0.6) is 0 Å². The largest absolute Gasteiger partial charge is 0.381 e. The monoisotopic (exact) mass is 392 g/mol. The maximum Gasteiger partial charge on any atom is 0.206 e. The van der Waals surface area contributed by atoms with E-state index < -0.39 is 21.5 Å². The molecule has 1 unspecified atom stereocenters. The molecule has 1 N–H and O–H groups in total. The molecule has 0 spiro atoms. The van der Waals surface area contributed by atoms with Gasteiger partial charge in [-0.05, 0) is 61.8 Å². The lowest BCUT2D eigenvalue weighted by Crippen LogP contribution is -2.25. The zero-order valence-electron chi connectivity index (χ0n) is 15.1. The van der Waals surface area contributed by atoms with Gasteiger partial charge in [-0.25, -0.2) is 17.2 Å². The molecular formula is C20H22F2N2O2S. The summed E-state index contributed by atoms with van der Waals surface area (Å²) < 4.78 is 52.8. The number of nitrogens with zero attached hydrogens (tertiary/aromatic N) is 1. The Labute approximate surface area is 158 Å². The van der Waals surface area contributed by atoms with Crippen LogP contribution in [0.3, 0.4) is 0 Å². The molecule has 0 aromatic heterocycles. The number of rotatable bonds is 3. The molecule has 2 aliphatic heterocycles. The predicted molar refractivity (Wildman–Crippen MR) is 99.8 cm³/mol. The molecule has 2 heterocycles. The fourth-order valence-corrected chi connectivity index (χ4v) is 5.52. The van der Waals surface area contributed by atoms with E-state index in [1.807, 2.05) is 0 Å². The Balaban J connectivity index is 1.70. The summed E-state index contributed by atoms with van der Waals surface area (Å²) in [4.78, 5) is 2.11. The van der Waals surface area contributed by atoms with Crippen LogP contribution in [0.4, 0.5) is 14.5 Å². The molecule has 0 saturated carbocycles. The predicted octanol–water partition coefficient (Wildman–Crippen LogP) is 3.79. The molecule has 1 saturated heterocycles. The summed E-state index contributed by atoms with van der Waals surface area (Å²) in [6.07, 6.45) is 1.96. The van der Waals surface area contributed by atoms with Gasteiger partial charge in [0.15, 0.2) is 0 Å². The number of likely N-dealkylation sites (tertiary alicyclic amines) is 1. The number of halogens is 2. The number of hydrogen-bond acceptors (Lipinski definition) is 4. The first kappa shape index (κ1) is 18.4. The summed E-state index contributed by atoms with van der Waals surface area (Å²) >= 11 is 0. The molecule has 2 aliphatic rings. The highest BCUT2D eigenvalue weighted by Gasteiger charge is 2.35. The highest BCUT2D eigenvalue weighted by molar-refractivity contribution is 7.91. The Hall–Kier alpha value is -1.99. The van der Waals surface area contributed by atoms with Gasteiger partial charge in [0.2, 0.25) is 9.84 Å². The number of sulfone groups is 1. The van der Waals surface area contributed by atoms with Crippen molar-refractivity contribution in [1.29, 1.82) is 0 Å². The smallest absolute Gasteiger partial charge is 0.206 e. The molecule has 4 rings (SSSR count). The van der Waals surface area contributed by atoms with Gasteiger partial charge in [-0.2, -0.15) is 0 Å². The number of benzene rings is 2. The molecule has 2 aromatic carbocycles. The summed E-state index contributed by atoms with van der Waals surface area (Å²) in [5.41, 5.74) is 1.94. The van der Waals surface area contributed by atoms with Crippen molar-refractivity contribution < 1.29 is 17.2 Å². The summed E-state index contributed by atoms with van der Waals surface area (Å²) in [7, 11) is -3.99. The second-order valence-electron chi connectivity index (χ2n) is 7.23. The first-order valence-corrected chi connectivity index (χ1v) is 10.7. The number of nitrogens with one attached hydrogen (secondary N) is 1. The first-order valence-electron chi connectivity index (χ1n) is 9.22.